The first-order chi connectivity index (χ1) is 14.7. The molecule has 0 aliphatic carbocycles. The molecule has 1 unspecified atom stereocenters. The molecule has 1 aromatic heterocycles. The highest BCUT2D eigenvalue weighted by atomic mass is 32.2. The van der Waals surface area contributed by atoms with E-state index >= 15 is 0 Å². The summed E-state index contributed by atoms with van der Waals surface area (Å²) in [6, 6.07) is 11.3. The fraction of sp³-hybridized carbons (Fsp3) is 0.429. The minimum absolute atomic E-state index is 0.0732. The number of carbonyl (C=O) groups is 2. The van der Waals surface area contributed by atoms with Crippen molar-refractivity contribution < 1.29 is 19.1 Å². The highest BCUT2D eigenvalue weighted by Crippen LogP contribution is 2.24. The number of nitrogens with zero attached hydrogens (tertiary/aromatic N) is 4. The number of para-hydroxylation sites is 1. The van der Waals surface area contributed by atoms with Gasteiger partial charge in [-0.05, 0) is 31.0 Å². The van der Waals surface area contributed by atoms with Gasteiger partial charge in [-0.15, -0.1) is 0 Å². The van der Waals surface area contributed by atoms with Crippen LogP contribution < -0.4 is 4.74 Å². The van der Waals surface area contributed by atoms with Crippen LogP contribution >= 0.6 is 11.8 Å². The Balaban J connectivity index is 1.21. The van der Waals surface area contributed by atoms with Crippen molar-refractivity contribution in [3.8, 4) is 5.75 Å². The molecule has 1 aromatic carbocycles. The summed E-state index contributed by atoms with van der Waals surface area (Å²) in [5.74, 6) is 1.15. The van der Waals surface area contributed by atoms with E-state index in [2.05, 4.69) is 9.97 Å². The highest BCUT2D eigenvalue weighted by Gasteiger charge is 2.38. The van der Waals surface area contributed by atoms with Gasteiger partial charge in [-0.3, -0.25) is 4.79 Å². The Morgan fingerprint density at radius 2 is 1.87 bits per heavy atom. The summed E-state index contributed by atoms with van der Waals surface area (Å²) >= 11 is 1.34. The van der Waals surface area contributed by atoms with Gasteiger partial charge in [0.25, 0.3) is 0 Å². The van der Waals surface area contributed by atoms with Gasteiger partial charge in [0.1, 0.15) is 12.4 Å². The molecule has 2 aliphatic heterocycles. The van der Waals surface area contributed by atoms with E-state index in [1.165, 1.54) is 11.8 Å². The number of carbonyl (C=O) groups excluding carboxylic acids is 2. The zero-order valence-corrected chi connectivity index (χ0v) is 17.4. The van der Waals surface area contributed by atoms with Gasteiger partial charge in [-0.25, -0.2) is 14.8 Å². The quantitative estimate of drug-likeness (QED) is 0.495. The van der Waals surface area contributed by atoms with E-state index in [1.807, 2.05) is 35.2 Å². The Morgan fingerprint density at radius 1 is 1.13 bits per heavy atom. The lowest BCUT2D eigenvalue weighted by molar-refractivity contribution is -0.129. The Morgan fingerprint density at radius 3 is 2.60 bits per heavy atom. The molecule has 9 heteroatoms. The van der Waals surface area contributed by atoms with Crippen molar-refractivity contribution in [2.45, 2.75) is 30.1 Å². The topological polar surface area (TPSA) is 84.9 Å². The van der Waals surface area contributed by atoms with Crippen LogP contribution in [0, 0.1) is 0 Å². The Bertz CT molecular complexity index is 847. The fourth-order valence-electron chi connectivity index (χ4n) is 3.64. The minimum atomic E-state index is -0.293. The van der Waals surface area contributed by atoms with Crippen LogP contribution in [0.15, 0.2) is 53.9 Å². The molecular formula is C21H24N4O4S. The predicted molar refractivity (Wildman–Crippen MR) is 111 cm³/mol. The second-order valence-electron chi connectivity index (χ2n) is 7.21. The number of benzene rings is 1. The maximum absolute atomic E-state index is 12.5. The van der Waals surface area contributed by atoms with Gasteiger partial charge in [-0.1, -0.05) is 30.0 Å². The van der Waals surface area contributed by atoms with Crippen LogP contribution in [-0.4, -0.2) is 75.9 Å². The van der Waals surface area contributed by atoms with Gasteiger partial charge >= 0.3 is 6.09 Å². The molecule has 3 heterocycles. The molecule has 0 N–H and O–H groups in total. The van der Waals surface area contributed by atoms with Crippen molar-refractivity contribution in [3.05, 3.63) is 48.8 Å². The zero-order valence-electron chi connectivity index (χ0n) is 16.6. The normalized spacial score (nSPS) is 19.6. The molecule has 30 heavy (non-hydrogen) atoms. The van der Waals surface area contributed by atoms with Gasteiger partial charge in [-0.2, -0.15) is 0 Å². The number of hydrogen-bond donors (Lipinski definition) is 0. The Hall–Kier alpha value is -2.81. The molecule has 2 aliphatic rings. The number of thioether (sulfide) groups is 1. The van der Waals surface area contributed by atoms with Crippen molar-refractivity contribution in [2.24, 2.45) is 0 Å². The van der Waals surface area contributed by atoms with Crippen LogP contribution in [0.3, 0.4) is 0 Å². The van der Waals surface area contributed by atoms with Crippen LogP contribution in [0.5, 0.6) is 5.75 Å². The number of cyclic esters (lactones) is 1. The summed E-state index contributed by atoms with van der Waals surface area (Å²) in [7, 11) is 0. The van der Waals surface area contributed by atoms with Crippen LogP contribution in [0.25, 0.3) is 0 Å². The van der Waals surface area contributed by atoms with Gasteiger partial charge in [0, 0.05) is 31.5 Å². The van der Waals surface area contributed by atoms with Crippen molar-refractivity contribution in [1.29, 1.82) is 0 Å². The summed E-state index contributed by atoms with van der Waals surface area (Å²) < 4.78 is 11.2. The number of likely N-dealkylation sites (tertiary alicyclic amines) is 1. The molecule has 158 valence electrons. The van der Waals surface area contributed by atoms with Gasteiger partial charge in [0.2, 0.25) is 5.91 Å². The molecule has 2 amide bonds. The van der Waals surface area contributed by atoms with Crippen LogP contribution in [0.1, 0.15) is 12.8 Å². The average molecular weight is 429 g/mol. The zero-order chi connectivity index (χ0) is 20.8. The van der Waals surface area contributed by atoms with Crippen LogP contribution in [0.2, 0.25) is 0 Å². The largest absolute Gasteiger partial charge is 0.490 e. The highest BCUT2D eigenvalue weighted by molar-refractivity contribution is 7.99. The van der Waals surface area contributed by atoms with E-state index in [4.69, 9.17) is 9.47 Å². The monoisotopic (exact) mass is 428 g/mol. The van der Waals surface area contributed by atoms with E-state index in [0.29, 0.717) is 37.2 Å². The van der Waals surface area contributed by atoms with E-state index < -0.39 is 0 Å². The maximum Gasteiger partial charge on any atom is 0.410 e. The Labute approximate surface area is 179 Å². The van der Waals surface area contributed by atoms with Gasteiger partial charge < -0.3 is 19.3 Å². The number of hydrogen-bond acceptors (Lipinski definition) is 7. The van der Waals surface area contributed by atoms with Crippen molar-refractivity contribution in [1.82, 2.24) is 19.8 Å². The summed E-state index contributed by atoms with van der Waals surface area (Å²) in [5, 5.41) is 0.601. The molecule has 0 saturated carbocycles. The molecule has 0 bridgehead atoms. The number of aromatic nitrogens is 2. The first kappa shape index (κ1) is 20.5. The van der Waals surface area contributed by atoms with E-state index in [1.54, 1.807) is 23.4 Å². The summed E-state index contributed by atoms with van der Waals surface area (Å²) in [4.78, 5) is 36.7. The van der Waals surface area contributed by atoms with Gasteiger partial charge in [0.05, 0.1) is 12.3 Å². The first-order valence-corrected chi connectivity index (χ1v) is 11.0. The first-order valence-electron chi connectivity index (χ1n) is 10.0. The molecular weight excluding hydrogens is 404 g/mol. The lowest BCUT2D eigenvalue weighted by Crippen LogP contribution is -2.47. The second-order valence-corrected chi connectivity index (χ2v) is 8.16. The SMILES string of the molecule is O=C(CSc1ncccn1)N1CCC(N2CC(COc3ccccc3)OC2=O)CC1. The van der Waals surface area contributed by atoms with Crippen LogP contribution in [0.4, 0.5) is 4.79 Å². The predicted octanol–water partition coefficient (Wildman–Crippen LogP) is 2.46. The number of piperidine rings is 1. The van der Waals surface area contributed by atoms with Crippen molar-refractivity contribution in [3.63, 3.8) is 0 Å². The molecule has 8 nitrogen and oxygen atoms in total. The molecule has 2 fully saturated rings. The van der Waals surface area contributed by atoms with E-state index in [0.717, 1.165) is 18.6 Å². The lowest BCUT2D eigenvalue weighted by atomic mass is 10.0. The third kappa shape index (κ3) is 5.21. The summed E-state index contributed by atoms with van der Waals surface area (Å²) in [5.41, 5.74) is 0. The fourth-order valence-corrected chi connectivity index (χ4v) is 4.34. The number of amides is 2. The molecule has 0 radical (unpaired) electrons. The van der Waals surface area contributed by atoms with Crippen molar-refractivity contribution >= 4 is 23.8 Å². The summed E-state index contributed by atoms with van der Waals surface area (Å²) in [6.45, 7) is 2.12. The van der Waals surface area contributed by atoms with E-state index in [9.17, 15) is 9.59 Å². The molecule has 1 atom stereocenters. The summed E-state index contributed by atoms with van der Waals surface area (Å²) in [6.07, 6.45) is 4.26. The van der Waals surface area contributed by atoms with Crippen LogP contribution in [-0.2, 0) is 9.53 Å². The van der Waals surface area contributed by atoms with E-state index in [-0.39, 0.29) is 24.1 Å². The van der Waals surface area contributed by atoms with Gasteiger partial charge in [0.15, 0.2) is 11.3 Å². The smallest absolute Gasteiger partial charge is 0.410 e. The molecule has 2 aromatic rings. The number of ether oxygens (including phenoxy) is 2. The van der Waals surface area contributed by atoms with Crippen molar-refractivity contribution in [2.75, 3.05) is 32.0 Å². The molecule has 0 spiro atoms. The third-order valence-corrected chi connectivity index (χ3v) is 6.07. The molecule has 2 saturated heterocycles. The minimum Gasteiger partial charge on any atom is -0.490 e. The third-order valence-electron chi connectivity index (χ3n) is 5.21. The molecule has 4 rings (SSSR count). The lowest BCUT2D eigenvalue weighted by Gasteiger charge is -2.35. The Kier molecular flexibility index (Phi) is 6.68. The maximum atomic E-state index is 12.5. The average Bonchev–Trinajstić information content (AvgIpc) is 3.18. The standard InChI is InChI=1S/C21H24N4O4S/c26-19(15-30-20-22-9-4-10-23-20)24-11-7-16(8-12-24)25-13-18(29-21(25)27)14-28-17-5-2-1-3-6-17/h1-6,9-10,16,18H,7-8,11-15H2. The number of rotatable bonds is 7. The second kappa shape index (κ2) is 9.80.